The standard InChI is InChI=1S/C21H26N2O4S/c1-23(28(25,26)20-13-11-19(27-2)12-14-20)15-16-7-9-17(10-8-16)21(24)22-18-5-3-4-6-18/h7-14,18H,3-6,15H2,1-2H3,(H,22,24). The van der Waals surface area contributed by atoms with E-state index in [9.17, 15) is 13.2 Å². The second kappa shape index (κ2) is 8.75. The van der Waals surface area contributed by atoms with Gasteiger partial charge in [0.2, 0.25) is 10.0 Å². The summed E-state index contributed by atoms with van der Waals surface area (Å²) >= 11 is 0. The van der Waals surface area contributed by atoms with E-state index in [1.165, 1.54) is 36.4 Å². The zero-order valence-electron chi connectivity index (χ0n) is 16.2. The Labute approximate surface area is 166 Å². The molecule has 0 atom stereocenters. The summed E-state index contributed by atoms with van der Waals surface area (Å²) in [5, 5.41) is 3.05. The molecule has 0 radical (unpaired) electrons. The number of ether oxygens (including phenoxy) is 1. The highest BCUT2D eigenvalue weighted by Crippen LogP contribution is 2.21. The van der Waals surface area contributed by atoms with E-state index in [0.717, 1.165) is 18.4 Å². The number of nitrogens with zero attached hydrogens (tertiary/aromatic N) is 1. The van der Waals surface area contributed by atoms with Crippen LogP contribution in [0.5, 0.6) is 5.75 Å². The van der Waals surface area contributed by atoms with E-state index in [-0.39, 0.29) is 23.4 Å². The van der Waals surface area contributed by atoms with Gasteiger partial charge in [-0.1, -0.05) is 25.0 Å². The van der Waals surface area contributed by atoms with Crippen molar-refractivity contribution in [2.45, 2.75) is 43.2 Å². The number of methoxy groups -OCH3 is 1. The molecule has 0 saturated heterocycles. The minimum absolute atomic E-state index is 0.0716. The number of hydrogen-bond donors (Lipinski definition) is 1. The van der Waals surface area contributed by atoms with Crippen LogP contribution in [0.4, 0.5) is 0 Å². The van der Waals surface area contributed by atoms with Gasteiger partial charge in [0.1, 0.15) is 5.75 Å². The molecule has 0 aliphatic heterocycles. The lowest BCUT2D eigenvalue weighted by Crippen LogP contribution is -2.32. The summed E-state index contributed by atoms with van der Waals surface area (Å²) < 4.78 is 31.8. The molecule has 1 N–H and O–H groups in total. The van der Waals surface area contributed by atoms with Gasteiger partial charge in [0.15, 0.2) is 0 Å². The topological polar surface area (TPSA) is 75.7 Å². The van der Waals surface area contributed by atoms with Gasteiger partial charge in [-0.25, -0.2) is 8.42 Å². The van der Waals surface area contributed by atoms with E-state index in [1.807, 2.05) is 0 Å². The summed E-state index contributed by atoms with van der Waals surface area (Å²) in [6, 6.07) is 13.7. The molecular formula is C21H26N2O4S. The van der Waals surface area contributed by atoms with E-state index < -0.39 is 10.0 Å². The Kier molecular flexibility index (Phi) is 6.36. The van der Waals surface area contributed by atoms with Crippen LogP contribution in [0.15, 0.2) is 53.4 Å². The molecular weight excluding hydrogens is 376 g/mol. The second-order valence-electron chi connectivity index (χ2n) is 7.09. The molecule has 1 amide bonds. The molecule has 0 unspecified atom stereocenters. The van der Waals surface area contributed by atoms with Gasteiger partial charge in [0, 0.05) is 25.2 Å². The molecule has 2 aromatic rings. The van der Waals surface area contributed by atoms with Crippen LogP contribution in [0.25, 0.3) is 0 Å². The molecule has 0 aromatic heterocycles. The first-order valence-corrected chi connectivity index (χ1v) is 10.8. The zero-order valence-corrected chi connectivity index (χ0v) is 17.0. The lowest BCUT2D eigenvalue weighted by atomic mass is 10.1. The van der Waals surface area contributed by atoms with Crippen molar-refractivity contribution in [3.63, 3.8) is 0 Å². The molecule has 2 aromatic carbocycles. The average molecular weight is 403 g/mol. The van der Waals surface area contributed by atoms with Gasteiger partial charge in [0.25, 0.3) is 5.91 Å². The van der Waals surface area contributed by atoms with Crippen LogP contribution in [-0.4, -0.2) is 38.8 Å². The molecule has 28 heavy (non-hydrogen) atoms. The van der Waals surface area contributed by atoms with Crippen LogP contribution < -0.4 is 10.1 Å². The van der Waals surface area contributed by atoms with Crippen LogP contribution in [0.2, 0.25) is 0 Å². The number of nitrogens with one attached hydrogen (secondary N) is 1. The van der Waals surface area contributed by atoms with Crippen molar-refractivity contribution in [3.05, 3.63) is 59.7 Å². The van der Waals surface area contributed by atoms with Crippen molar-refractivity contribution in [2.75, 3.05) is 14.2 Å². The van der Waals surface area contributed by atoms with Gasteiger partial charge in [-0.2, -0.15) is 4.31 Å². The Hall–Kier alpha value is -2.38. The summed E-state index contributed by atoms with van der Waals surface area (Å²) in [6.45, 7) is 0.221. The SMILES string of the molecule is COc1ccc(S(=O)(=O)N(C)Cc2ccc(C(=O)NC3CCCC3)cc2)cc1. The minimum atomic E-state index is -3.61. The van der Waals surface area contributed by atoms with E-state index in [4.69, 9.17) is 4.74 Å². The summed E-state index contributed by atoms with van der Waals surface area (Å²) in [5.41, 5.74) is 1.41. The van der Waals surface area contributed by atoms with E-state index in [0.29, 0.717) is 11.3 Å². The third-order valence-electron chi connectivity index (χ3n) is 5.08. The largest absolute Gasteiger partial charge is 0.497 e. The molecule has 1 aliphatic carbocycles. The van der Waals surface area contributed by atoms with Crippen LogP contribution in [-0.2, 0) is 16.6 Å². The predicted octanol–water partition coefficient (Wildman–Crippen LogP) is 3.19. The normalized spacial score (nSPS) is 15.0. The van der Waals surface area contributed by atoms with Crippen molar-refractivity contribution < 1.29 is 17.9 Å². The molecule has 1 fully saturated rings. The first-order valence-electron chi connectivity index (χ1n) is 9.40. The fourth-order valence-electron chi connectivity index (χ4n) is 3.37. The highest BCUT2D eigenvalue weighted by Gasteiger charge is 2.21. The monoisotopic (exact) mass is 402 g/mol. The van der Waals surface area contributed by atoms with Crippen molar-refractivity contribution in [3.8, 4) is 5.75 Å². The van der Waals surface area contributed by atoms with Gasteiger partial charge >= 0.3 is 0 Å². The first-order chi connectivity index (χ1) is 13.4. The van der Waals surface area contributed by atoms with Gasteiger partial charge in [-0.15, -0.1) is 0 Å². The number of amides is 1. The summed E-state index contributed by atoms with van der Waals surface area (Å²) in [7, 11) is -0.529. The lowest BCUT2D eigenvalue weighted by molar-refractivity contribution is 0.0938. The van der Waals surface area contributed by atoms with Crippen LogP contribution in [0.3, 0.4) is 0 Å². The van der Waals surface area contributed by atoms with Gasteiger partial charge in [-0.05, 0) is 54.8 Å². The van der Waals surface area contributed by atoms with E-state index in [1.54, 1.807) is 43.4 Å². The molecule has 0 heterocycles. The second-order valence-corrected chi connectivity index (χ2v) is 9.13. The van der Waals surface area contributed by atoms with E-state index >= 15 is 0 Å². The van der Waals surface area contributed by atoms with Gasteiger partial charge in [0.05, 0.1) is 12.0 Å². The summed E-state index contributed by atoms with van der Waals surface area (Å²) in [6.07, 6.45) is 4.41. The number of benzene rings is 2. The molecule has 0 spiro atoms. The fraction of sp³-hybridized carbons (Fsp3) is 0.381. The van der Waals surface area contributed by atoms with Gasteiger partial charge < -0.3 is 10.1 Å². The summed E-state index contributed by atoms with van der Waals surface area (Å²) in [5.74, 6) is 0.533. The third kappa shape index (κ3) is 4.72. The molecule has 1 saturated carbocycles. The van der Waals surface area contributed by atoms with Crippen LogP contribution >= 0.6 is 0 Å². The zero-order chi connectivity index (χ0) is 20.1. The predicted molar refractivity (Wildman–Crippen MR) is 108 cm³/mol. The number of carbonyl (C=O) groups excluding carboxylic acids is 1. The number of rotatable bonds is 7. The van der Waals surface area contributed by atoms with Crippen LogP contribution in [0.1, 0.15) is 41.6 Å². The molecule has 150 valence electrons. The van der Waals surface area contributed by atoms with Crippen LogP contribution in [0, 0.1) is 0 Å². The maximum Gasteiger partial charge on any atom is 0.251 e. The molecule has 7 heteroatoms. The maximum absolute atomic E-state index is 12.7. The Balaban J connectivity index is 1.64. The Morgan fingerprint density at radius 2 is 1.68 bits per heavy atom. The van der Waals surface area contributed by atoms with Crippen molar-refractivity contribution >= 4 is 15.9 Å². The highest BCUT2D eigenvalue weighted by molar-refractivity contribution is 7.89. The smallest absolute Gasteiger partial charge is 0.251 e. The highest BCUT2D eigenvalue weighted by atomic mass is 32.2. The maximum atomic E-state index is 12.7. The van der Waals surface area contributed by atoms with Gasteiger partial charge in [-0.3, -0.25) is 4.79 Å². The van der Waals surface area contributed by atoms with Crippen molar-refractivity contribution in [1.82, 2.24) is 9.62 Å². The van der Waals surface area contributed by atoms with Crippen molar-refractivity contribution in [2.24, 2.45) is 0 Å². The summed E-state index contributed by atoms with van der Waals surface area (Å²) in [4.78, 5) is 12.5. The van der Waals surface area contributed by atoms with E-state index in [2.05, 4.69) is 5.32 Å². The quantitative estimate of drug-likeness (QED) is 0.772. The Morgan fingerprint density at radius 3 is 2.25 bits per heavy atom. The lowest BCUT2D eigenvalue weighted by Gasteiger charge is -2.18. The average Bonchev–Trinajstić information content (AvgIpc) is 3.21. The fourth-order valence-corrected chi connectivity index (χ4v) is 4.53. The molecule has 1 aliphatic rings. The number of sulfonamides is 1. The number of carbonyl (C=O) groups is 1. The minimum Gasteiger partial charge on any atom is -0.497 e. The Morgan fingerprint density at radius 1 is 1.07 bits per heavy atom. The molecule has 0 bridgehead atoms. The molecule has 3 rings (SSSR count). The third-order valence-corrected chi connectivity index (χ3v) is 6.90. The molecule has 6 nitrogen and oxygen atoms in total. The Bertz CT molecular complexity index is 902. The number of hydrogen-bond acceptors (Lipinski definition) is 4. The first kappa shape index (κ1) is 20.4. The van der Waals surface area contributed by atoms with Crippen molar-refractivity contribution in [1.29, 1.82) is 0 Å².